The van der Waals surface area contributed by atoms with Crippen LogP contribution in [0.15, 0.2) is 12.4 Å². The first kappa shape index (κ1) is 14.3. The number of hydrogen-bond donors (Lipinski definition) is 0. The maximum atomic E-state index is 12.1. The molecule has 0 radical (unpaired) electrons. The van der Waals surface area contributed by atoms with E-state index in [0.717, 1.165) is 9.32 Å². The smallest absolute Gasteiger partial charge is 0.226 e. The van der Waals surface area contributed by atoms with Crippen LogP contribution < -0.4 is 4.90 Å². The van der Waals surface area contributed by atoms with Crippen molar-refractivity contribution in [3.63, 3.8) is 0 Å². The molecular formula is C10H14IN3O2S2. The molecule has 1 aliphatic heterocycles. The minimum Gasteiger partial charge on any atom is -0.322 e. The molecule has 1 aliphatic rings. The highest BCUT2D eigenvalue weighted by molar-refractivity contribution is 14.1. The van der Waals surface area contributed by atoms with E-state index in [4.69, 9.17) is 0 Å². The van der Waals surface area contributed by atoms with Gasteiger partial charge in [-0.05, 0) is 22.6 Å². The molecule has 0 saturated carbocycles. The van der Waals surface area contributed by atoms with Crippen molar-refractivity contribution in [3.8, 4) is 0 Å². The van der Waals surface area contributed by atoms with Crippen molar-refractivity contribution in [1.29, 1.82) is 0 Å². The number of rotatable bonds is 3. The Balaban J connectivity index is 2.31. The second-order valence-corrected chi connectivity index (χ2v) is 8.72. The standard InChI is InChI=1S/C10H14IN3O2S2/c1-2-18(15,16)9-7-17-4-3-14(9)10-12-5-8(11)6-13-10/h5-6,9H,2-4,7H2,1H3. The van der Waals surface area contributed by atoms with Gasteiger partial charge >= 0.3 is 0 Å². The largest absolute Gasteiger partial charge is 0.322 e. The maximum Gasteiger partial charge on any atom is 0.226 e. The van der Waals surface area contributed by atoms with E-state index in [9.17, 15) is 8.42 Å². The van der Waals surface area contributed by atoms with Crippen LogP contribution in [-0.2, 0) is 9.84 Å². The predicted octanol–water partition coefficient (Wildman–Crippen LogP) is 1.40. The van der Waals surface area contributed by atoms with Gasteiger partial charge in [-0.15, -0.1) is 0 Å². The van der Waals surface area contributed by atoms with Crippen LogP contribution in [0.5, 0.6) is 0 Å². The molecular weight excluding hydrogens is 385 g/mol. The average molecular weight is 399 g/mol. The third kappa shape index (κ3) is 3.08. The van der Waals surface area contributed by atoms with Gasteiger partial charge in [0, 0.05) is 39.8 Å². The van der Waals surface area contributed by atoms with Gasteiger partial charge in [0.05, 0.1) is 0 Å². The Morgan fingerprint density at radius 1 is 1.50 bits per heavy atom. The van der Waals surface area contributed by atoms with E-state index in [0.29, 0.717) is 18.2 Å². The lowest BCUT2D eigenvalue weighted by atomic mass is 10.5. The number of thioether (sulfide) groups is 1. The van der Waals surface area contributed by atoms with Crippen molar-refractivity contribution < 1.29 is 8.42 Å². The SMILES string of the molecule is CCS(=O)(=O)C1CSCCN1c1ncc(I)cn1. The van der Waals surface area contributed by atoms with Gasteiger partial charge in [0.25, 0.3) is 0 Å². The van der Waals surface area contributed by atoms with Gasteiger partial charge in [-0.2, -0.15) is 11.8 Å². The number of halogens is 1. The Bertz CT molecular complexity index is 506. The van der Waals surface area contributed by atoms with Gasteiger partial charge in [-0.3, -0.25) is 0 Å². The fraction of sp³-hybridized carbons (Fsp3) is 0.600. The summed E-state index contributed by atoms with van der Waals surface area (Å²) in [7, 11) is -3.11. The molecule has 0 bridgehead atoms. The Morgan fingerprint density at radius 2 is 2.17 bits per heavy atom. The number of hydrogen-bond acceptors (Lipinski definition) is 6. The Labute approximate surface area is 125 Å². The molecule has 1 unspecified atom stereocenters. The number of aromatic nitrogens is 2. The minimum absolute atomic E-state index is 0.152. The number of nitrogens with zero attached hydrogens (tertiary/aromatic N) is 3. The summed E-state index contributed by atoms with van der Waals surface area (Å²) in [4.78, 5) is 10.3. The molecule has 2 heterocycles. The number of anilines is 1. The van der Waals surface area contributed by atoms with Crippen LogP contribution in [0.4, 0.5) is 5.95 Å². The molecule has 0 N–H and O–H groups in total. The zero-order valence-corrected chi connectivity index (χ0v) is 13.7. The highest BCUT2D eigenvalue weighted by Crippen LogP contribution is 2.24. The van der Waals surface area contributed by atoms with Crippen molar-refractivity contribution in [2.24, 2.45) is 0 Å². The molecule has 5 nitrogen and oxygen atoms in total. The van der Waals surface area contributed by atoms with E-state index >= 15 is 0 Å². The summed E-state index contributed by atoms with van der Waals surface area (Å²) < 4.78 is 25.1. The van der Waals surface area contributed by atoms with Crippen LogP contribution in [0.25, 0.3) is 0 Å². The van der Waals surface area contributed by atoms with Crippen LogP contribution in [0.3, 0.4) is 0 Å². The fourth-order valence-electron chi connectivity index (χ4n) is 1.75. The highest BCUT2D eigenvalue weighted by Gasteiger charge is 2.34. The van der Waals surface area contributed by atoms with Crippen molar-refractivity contribution in [3.05, 3.63) is 16.0 Å². The van der Waals surface area contributed by atoms with E-state index in [1.807, 2.05) is 4.90 Å². The van der Waals surface area contributed by atoms with Crippen molar-refractivity contribution in [2.75, 3.05) is 28.7 Å². The summed E-state index contributed by atoms with van der Waals surface area (Å²) in [5, 5.41) is -0.499. The fourth-order valence-corrected chi connectivity index (χ4v) is 5.00. The lowest BCUT2D eigenvalue weighted by Crippen LogP contribution is -2.48. The Kier molecular flexibility index (Phi) is 4.70. The summed E-state index contributed by atoms with van der Waals surface area (Å²) in [6.45, 7) is 2.36. The summed E-state index contributed by atoms with van der Waals surface area (Å²) in [5.74, 6) is 2.16. The third-order valence-corrected chi connectivity index (χ3v) is 6.61. The lowest BCUT2D eigenvalue weighted by Gasteiger charge is -2.34. The first-order chi connectivity index (χ1) is 8.54. The van der Waals surface area contributed by atoms with E-state index in [1.165, 1.54) is 0 Å². The number of sulfone groups is 1. The summed E-state index contributed by atoms with van der Waals surface area (Å²) in [5.41, 5.74) is 0. The molecule has 1 aromatic heterocycles. The van der Waals surface area contributed by atoms with Gasteiger partial charge in [0.1, 0.15) is 5.37 Å². The maximum absolute atomic E-state index is 12.1. The topological polar surface area (TPSA) is 63.2 Å². The molecule has 2 rings (SSSR count). The van der Waals surface area contributed by atoms with Gasteiger partial charge in [0.15, 0.2) is 9.84 Å². The van der Waals surface area contributed by atoms with Crippen LogP contribution in [0, 0.1) is 3.57 Å². The van der Waals surface area contributed by atoms with Crippen LogP contribution in [0.2, 0.25) is 0 Å². The van der Waals surface area contributed by atoms with Crippen molar-refractivity contribution >= 4 is 50.1 Å². The monoisotopic (exact) mass is 399 g/mol. The molecule has 1 saturated heterocycles. The van der Waals surface area contributed by atoms with Crippen molar-refractivity contribution in [1.82, 2.24) is 9.97 Å². The molecule has 0 aromatic carbocycles. The third-order valence-electron chi connectivity index (χ3n) is 2.77. The van der Waals surface area contributed by atoms with Crippen molar-refractivity contribution in [2.45, 2.75) is 12.3 Å². The molecule has 0 amide bonds. The molecule has 1 fully saturated rings. The van der Waals surface area contributed by atoms with Gasteiger partial charge in [-0.1, -0.05) is 6.92 Å². The summed E-state index contributed by atoms with van der Waals surface area (Å²) in [6.07, 6.45) is 3.42. The van der Waals surface area contributed by atoms with Crippen LogP contribution >= 0.6 is 34.4 Å². The second kappa shape index (κ2) is 5.91. The van der Waals surface area contributed by atoms with E-state index in [2.05, 4.69) is 32.6 Å². The highest BCUT2D eigenvalue weighted by atomic mass is 127. The Morgan fingerprint density at radius 3 is 2.78 bits per heavy atom. The van der Waals surface area contributed by atoms with E-state index < -0.39 is 15.2 Å². The first-order valence-electron chi connectivity index (χ1n) is 5.58. The second-order valence-electron chi connectivity index (χ2n) is 3.88. The molecule has 0 aliphatic carbocycles. The summed E-state index contributed by atoms with van der Waals surface area (Å²) >= 11 is 3.80. The van der Waals surface area contributed by atoms with Gasteiger partial charge in [0.2, 0.25) is 5.95 Å². The quantitative estimate of drug-likeness (QED) is 0.717. The van der Waals surface area contributed by atoms with E-state index in [1.54, 1.807) is 31.1 Å². The lowest BCUT2D eigenvalue weighted by molar-refractivity contribution is 0.577. The zero-order valence-electron chi connectivity index (χ0n) is 9.91. The average Bonchev–Trinajstić information content (AvgIpc) is 2.40. The van der Waals surface area contributed by atoms with Crippen LogP contribution in [0.1, 0.15) is 6.92 Å². The molecule has 1 atom stereocenters. The predicted molar refractivity (Wildman–Crippen MR) is 82.7 cm³/mol. The normalized spacial score (nSPS) is 21.0. The Hall–Kier alpha value is -0.0900. The minimum atomic E-state index is -3.11. The first-order valence-corrected chi connectivity index (χ1v) is 9.53. The van der Waals surface area contributed by atoms with Crippen LogP contribution in [-0.4, -0.2) is 47.6 Å². The van der Waals surface area contributed by atoms with Gasteiger partial charge in [-0.25, -0.2) is 18.4 Å². The van der Waals surface area contributed by atoms with E-state index in [-0.39, 0.29) is 5.75 Å². The molecule has 1 aromatic rings. The molecule has 100 valence electrons. The molecule has 18 heavy (non-hydrogen) atoms. The molecule has 0 spiro atoms. The zero-order chi connectivity index (χ0) is 13.2. The molecule has 8 heteroatoms. The van der Waals surface area contributed by atoms with Gasteiger partial charge < -0.3 is 4.90 Å². The summed E-state index contributed by atoms with van der Waals surface area (Å²) in [6, 6.07) is 0.